The molecule has 3 heterocycles. The molecular formula is C32H31F4N3O3. The zero-order chi connectivity index (χ0) is 29.4. The third-order valence-corrected chi connectivity index (χ3v) is 9.94. The molecule has 6 nitrogen and oxygen atoms in total. The van der Waals surface area contributed by atoms with E-state index in [1.807, 2.05) is 53.4 Å². The summed E-state index contributed by atoms with van der Waals surface area (Å²) in [6.45, 7) is 0.786. The summed E-state index contributed by atoms with van der Waals surface area (Å²) in [6.07, 6.45) is 1.31. The molecule has 0 radical (unpaired) electrons. The van der Waals surface area contributed by atoms with Crippen molar-refractivity contribution in [3.63, 3.8) is 0 Å². The van der Waals surface area contributed by atoms with Crippen LogP contribution in [0, 0.1) is 10.8 Å². The van der Waals surface area contributed by atoms with Crippen LogP contribution < -0.4 is 9.64 Å². The number of anilines is 1. The fourth-order valence-corrected chi connectivity index (χ4v) is 7.48. The van der Waals surface area contributed by atoms with Crippen LogP contribution in [0.5, 0.6) is 5.75 Å². The van der Waals surface area contributed by atoms with E-state index < -0.39 is 28.7 Å². The largest absolute Gasteiger partial charge is 0.497 e. The maximum atomic E-state index is 14.5. The molecule has 10 heteroatoms. The van der Waals surface area contributed by atoms with Crippen LogP contribution in [0.25, 0.3) is 11.1 Å². The minimum absolute atomic E-state index is 0.0400. The number of nitrogens with zero attached hydrogens (tertiary/aromatic N) is 3. The van der Waals surface area contributed by atoms with Crippen molar-refractivity contribution >= 4 is 11.6 Å². The Morgan fingerprint density at radius 2 is 1.64 bits per heavy atom. The highest BCUT2D eigenvalue weighted by molar-refractivity contribution is 6.00. The molecule has 0 spiro atoms. The van der Waals surface area contributed by atoms with Crippen LogP contribution in [0.4, 0.5) is 23.2 Å². The molecule has 3 aromatic rings. The average Bonchev–Trinajstić information content (AvgIpc) is 2.98. The molecule has 2 aromatic carbocycles. The number of carbonyl (C=O) groups excluding carboxylic acids is 1. The predicted octanol–water partition coefficient (Wildman–Crippen LogP) is 6.88. The summed E-state index contributed by atoms with van der Waals surface area (Å²) in [5.41, 5.74) is 0.346. The Kier molecular flexibility index (Phi) is 6.00. The van der Waals surface area contributed by atoms with Crippen molar-refractivity contribution in [2.75, 3.05) is 25.2 Å². The number of rotatable bonds is 7. The summed E-state index contributed by atoms with van der Waals surface area (Å²) in [5.74, 6) is -0.455. The van der Waals surface area contributed by atoms with Crippen LogP contribution in [0.1, 0.15) is 56.3 Å². The first-order chi connectivity index (χ1) is 20.0. The van der Waals surface area contributed by atoms with Gasteiger partial charge in [-0.3, -0.25) is 4.79 Å². The highest BCUT2D eigenvalue weighted by atomic mass is 19.4. The Hall–Kier alpha value is -3.53. The predicted molar refractivity (Wildman–Crippen MR) is 146 cm³/mol. The number of methoxy groups -OCH3 is 1. The Morgan fingerprint density at radius 1 is 0.976 bits per heavy atom. The normalized spacial score (nSPS) is 31.2. The first-order valence-electron chi connectivity index (χ1n) is 14.3. The van der Waals surface area contributed by atoms with Crippen LogP contribution in [0.15, 0.2) is 60.9 Å². The second-order valence-corrected chi connectivity index (χ2v) is 12.7. The van der Waals surface area contributed by atoms with Gasteiger partial charge in [0, 0.05) is 35.6 Å². The van der Waals surface area contributed by atoms with Crippen LogP contribution in [0.3, 0.4) is 0 Å². The highest BCUT2D eigenvalue weighted by Crippen LogP contribution is 2.70. The topological polar surface area (TPSA) is 64.6 Å². The molecule has 4 aliphatic carbocycles. The van der Waals surface area contributed by atoms with E-state index in [0.29, 0.717) is 31.6 Å². The Morgan fingerprint density at radius 3 is 2.19 bits per heavy atom. The van der Waals surface area contributed by atoms with E-state index in [1.165, 1.54) is 12.4 Å². The molecule has 220 valence electrons. The van der Waals surface area contributed by atoms with E-state index in [4.69, 9.17) is 9.47 Å². The minimum Gasteiger partial charge on any atom is -0.497 e. The summed E-state index contributed by atoms with van der Waals surface area (Å²) in [6, 6.07) is 15.6. The fraction of sp³-hybridized carbons (Fsp3) is 0.469. The van der Waals surface area contributed by atoms with Crippen LogP contribution in [-0.4, -0.2) is 41.8 Å². The first kappa shape index (κ1) is 27.3. The zero-order valence-electron chi connectivity index (χ0n) is 23.2. The summed E-state index contributed by atoms with van der Waals surface area (Å²) in [4.78, 5) is 23.0. The average molecular weight is 582 g/mol. The Labute approximate surface area is 241 Å². The number of amides is 1. The molecule has 6 aliphatic rings. The number of ether oxygens (including phenoxy) is 2. The van der Waals surface area contributed by atoms with E-state index >= 15 is 0 Å². The van der Waals surface area contributed by atoms with Gasteiger partial charge in [0.1, 0.15) is 11.4 Å². The number of hydrogen-bond acceptors (Lipinski definition) is 5. The summed E-state index contributed by atoms with van der Waals surface area (Å²) >= 11 is 0. The van der Waals surface area contributed by atoms with Gasteiger partial charge in [0.05, 0.1) is 24.7 Å². The molecule has 42 heavy (non-hydrogen) atoms. The second-order valence-electron chi connectivity index (χ2n) is 12.7. The van der Waals surface area contributed by atoms with Crippen molar-refractivity contribution in [1.29, 1.82) is 0 Å². The number of fused-ring (bicyclic) bond motifs is 3. The third kappa shape index (κ3) is 4.37. The lowest BCUT2D eigenvalue weighted by molar-refractivity contribution is -0.213. The van der Waals surface area contributed by atoms with Gasteiger partial charge in [-0.25, -0.2) is 14.4 Å². The number of carbonyl (C=O) groups is 1. The van der Waals surface area contributed by atoms with Gasteiger partial charge in [-0.05, 0) is 80.3 Å². The molecule has 4 bridgehead atoms. The van der Waals surface area contributed by atoms with Gasteiger partial charge in [0.25, 0.3) is 0 Å². The molecule has 2 saturated heterocycles. The van der Waals surface area contributed by atoms with E-state index in [1.54, 1.807) is 7.11 Å². The molecule has 1 amide bonds. The molecule has 4 saturated carbocycles. The van der Waals surface area contributed by atoms with Gasteiger partial charge in [-0.15, -0.1) is 0 Å². The lowest BCUT2D eigenvalue weighted by atomic mass is 9.41. The van der Waals surface area contributed by atoms with Crippen LogP contribution >= 0.6 is 0 Å². The van der Waals surface area contributed by atoms with Crippen molar-refractivity contribution in [2.45, 2.75) is 62.4 Å². The summed E-state index contributed by atoms with van der Waals surface area (Å²) in [7, 11) is 1.62. The number of aromatic nitrogens is 2. The molecular weight excluding hydrogens is 550 g/mol. The maximum absolute atomic E-state index is 14.5. The first-order valence-corrected chi connectivity index (χ1v) is 14.3. The summed E-state index contributed by atoms with van der Waals surface area (Å²) < 4.78 is 65.2. The lowest BCUT2D eigenvalue weighted by Gasteiger charge is -2.65. The number of halogens is 4. The van der Waals surface area contributed by atoms with Gasteiger partial charge >= 0.3 is 6.18 Å². The third-order valence-electron chi connectivity index (χ3n) is 9.94. The van der Waals surface area contributed by atoms with Crippen molar-refractivity contribution in [1.82, 2.24) is 9.97 Å². The van der Waals surface area contributed by atoms with E-state index in [2.05, 4.69) is 9.97 Å². The van der Waals surface area contributed by atoms with E-state index in [-0.39, 0.29) is 30.6 Å². The second kappa shape index (κ2) is 9.23. The van der Waals surface area contributed by atoms with Gasteiger partial charge in [-0.2, -0.15) is 13.2 Å². The number of alkyl halides is 4. The molecule has 2 aliphatic heterocycles. The van der Waals surface area contributed by atoms with E-state index in [0.717, 1.165) is 35.4 Å². The van der Waals surface area contributed by atoms with Crippen molar-refractivity contribution in [2.24, 2.45) is 10.8 Å². The quantitative estimate of drug-likeness (QED) is 0.285. The SMILES string of the molecule is COc1ccc(-c2cccc(N(CC34CCC(c5cnc(C(F)(F)F)nc5)(CC3)OC4)C(=O)C34CC(F)(C3)C4)c2)cc1. The minimum atomic E-state index is -4.60. The van der Waals surface area contributed by atoms with Gasteiger partial charge in [-0.1, -0.05) is 24.3 Å². The van der Waals surface area contributed by atoms with Gasteiger partial charge in [0.15, 0.2) is 0 Å². The van der Waals surface area contributed by atoms with Crippen molar-refractivity contribution in [3.05, 3.63) is 72.3 Å². The van der Waals surface area contributed by atoms with E-state index in [9.17, 15) is 22.4 Å². The van der Waals surface area contributed by atoms with Crippen molar-refractivity contribution in [3.8, 4) is 16.9 Å². The molecule has 9 rings (SSSR count). The molecule has 6 fully saturated rings. The monoisotopic (exact) mass is 581 g/mol. The number of hydrogen-bond donors (Lipinski definition) is 0. The highest BCUT2D eigenvalue weighted by Gasteiger charge is 2.73. The van der Waals surface area contributed by atoms with Crippen LogP contribution in [0.2, 0.25) is 0 Å². The van der Waals surface area contributed by atoms with Gasteiger partial charge < -0.3 is 14.4 Å². The Balaban J connectivity index is 1.15. The standard InChI is InChI=1S/C32H31F4N3O3/c1-41-25-7-5-21(6-8-25)22-3-2-4-24(13-22)39(27(40)29-16-30(33,17-29)18-29)19-28-9-11-31(12-10-28,42-20-28)23-14-37-26(38-15-23)32(34,35)36/h2-8,13-15H,9-12,16-20H2,1H3. The molecule has 0 atom stereocenters. The maximum Gasteiger partial charge on any atom is 0.451 e. The fourth-order valence-electron chi connectivity index (χ4n) is 7.48. The smallest absolute Gasteiger partial charge is 0.451 e. The van der Waals surface area contributed by atoms with Crippen molar-refractivity contribution < 1.29 is 31.8 Å². The number of benzene rings is 2. The zero-order valence-corrected chi connectivity index (χ0v) is 23.2. The molecule has 0 unspecified atom stereocenters. The molecule has 1 aromatic heterocycles. The Bertz CT molecular complexity index is 1480. The molecule has 0 N–H and O–H groups in total. The van der Waals surface area contributed by atoms with Gasteiger partial charge in [0.2, 0.25) is 11.7 Å². The van der Waals surface area contributed by atoms with Crippen LogP contribution in [-0.2, 0) is 21.3 Å². The lowest BCUT2D eigenvalue weighted by Crippen LogP contribution is -2.71. The summed E-state index contributed by atoms with van der Waals surface area (Å²) in [5, 5.41) is 0.